The molecule has 0 atom stereocenters. The zero-order chi connectivity index (χ0) is 21.5. The summed E-state index contributed by atoms with van der Waals surface area (Å²) in [7, 11) is 0.972. The second-order valence-electron chi connectivity index (χ2n) is 5.56. The zero-order valence-corrected chi connectivity index (χ0v) is 16.3. The maximum atomic E-state index is 14.5. The van der Waals surface area contributed by atoms with E-state index in [1.165, 1.54) is 6.92 Å². The molecule has 0 aromatic heterocycles. The third kappa shape index (κ3) is 3.87. The van der Waals surface area contributed by atoms with Crippen molar-refractivity contribution >= 4 is 50.3 Å². The molecule has 0 aliphatic heterocycles. The summed E-state index contributed by atoms with van der Waals surface area (Å²) >= 11 is 8.86. The summed E-state index contributed by atoms with van der Waals surface area (Å²) in [5.74, 6) is -1.05. The van der Waals surface area contributed by atoms with Gasteiger partial charge in [-0.1, -0.05) is 11.6 Å². The lowest BCUT2D eigenvalue weighted by Crippen LogP contribution is -2.20. The van der Waals surface area contributed by atoms with Crippen LogP contribution >= 0.6 is 27.5 Å². The molecule has 0 fully saturated rings. The number of benzene rings is 2. The molecule has 0 amide bonds. The molecule has 2 rings (SSSR count). The highest BCUT2D eigenvalue weighted by Gasteiger charge is 2.41. The van der Waals surface area contributed by atoms with E-state index in [1.54, 1.807) is 0 Å². The van der Waals surface area contributed by atoms with Crippen LogP contribution in [0.3, 0.4) is 0 Å². The molecule has 7 nitrogen and oxygen atoms in total. The van der Waals surface area contributed by atoms with E-state index >= 15 is 0 Å². The Kier molecular flexibility index (Phi) is 5.85. The van der Waals surface area contributed by atoms with Crippen molar-refractivity contribution < 1.29 is 27.4 Å². The van der Waals surface area contributed by atoms with Crippen LogP contribution in [0.1, 0.15) is 11.1 Å². The minimum absolute atomic E-state index is 0.0178. The molecule has 2 aromatic rings. The molecule has 0 unspecified atom stereocenters. The molecule has 2 aromatic carbocycles. The van der Waals surface area contributed by atoms with Crippen molar-refractivity contribution in [3.05, 3.63) is 64.9 Å². The van der Waals surface area contributed by atoms with E-state index in [0.717, 1.165) is 13.1 Å². The Labute approximate surface area is 167 Å². The van der Waals surface area contributed by atoms with Crippen LogP contribution in [0.15, 0.2) is 22.7 Å². The third-order valence-corrected chi connectivity index (χ3v) is 5.20. The molecule has 0 saturated heterocycles. The molecule has 28 heavy (non-hydrogen) atoms. The van der Waals surface area contributed by atoms with Crippen LogP contribution in [-0.2, 0) is 6.18 Å². The fourth-order valence-corrected chi connectivity index (χ4v) is 3.49. The minimum atomic E-state index is -5.19. The van der Waals surface area contributed by atoms with Crippen molar-refractivity contribution in [3.8, 4) is 0 Å². The lowest BCUT2D eigenvalue weighted by molar-refractivity contribution is -0.394. The number of nitro benzene ring substituents is 2. The van der Waals surface area contributed by atoms with Gasteiger partial charge in [0.25, 0.3) is 11.4 Å². The summed E-state index contributed by atoms with van der Waals surface area (Å²) in [6, 6.07) is 1.39. The summed E-state index contributed by atoms with van der Waals surface area (Å²) in [4.78, 5) is 20.5. The van der Waals surface area contributed by atoms with Crippen molar-refractivity contribution in [3.63, 3.8) is 0 Å². The number of anilines is 2. The maximum Gasteiger partial charge on any atom is 0.418 e. The highest BCUT2D eigenvalue weighted by Crippen LogP contribution is 2.48. The van der Waals surface area contributed by atoms with Crippen LogP contribution in [0.4, 0.5) is 40.3 Å². The Bertz CT molecular complexity index is 1000. The SMILES string of the molecule is Cc1c(Cl)cc(F)c(N(C)c2c([N+](=O)[O-])cc([N+](=O)[O-])cc2C(F)(F)F)c1Br. The first kappa shape index (κ1) is 21.8. The summed E-state index contributed by atoms with van der Waals surface area (Å²) < 4.78 is 55.1. The molecule has 13 heteroatoms. The van der Waals surface area contributed by atoms with Crippen LogP contribution in [0.25, 0.3) is 0 Å². The van der Waals surface area contributed by atoms with E-state index in [0.29, 0.717) is 11.0 Å². The Morgan fingerprint density at radius 1 is 1.11 bits per heavy atom. The number of rotatable bonds is 4. The summed E-state index contributed by atoms with van der Waals surface area (Å²) in [5.41, 5.74) is -5.21. The molecule has 0 aliphatic rings. The fourth-order valence-electron chi connectivity index (χ4n) is 2.51. The predicted molar refractivity (Wildman–Crippen MR) is 96.7 cm³/mol. The van der Waals surface area contributed by atoms with E-state index in [2.05, 4.69) is 15.9 Å². The van der Waals surface area contributed by atoms with E-state index in [1.807, 2.05) is 0 Å². The Balaban J connectivity index is 2.93. The first-order chi connectivity index (χ1) is 12.8. The van der Waals surface area contributed by atoms with Crippen LogP contribution in [0.2, 0.25) is 5.02 Å². The fraction of sp³-hybridized carbons (Fsp3) is 0.200. The minimum Gasteiger partial charge on any atom is -0.335 e. The van der Waals surface area contributed by atoms with Crippen molar-refractivity contribution in [1.82, 2.24) is 0 Å². The first-order valence-electron chi connectivity index (χ1n) is 7.19. The topological polar surface area (TPSA) is 89.5 Å². The Morgan fingerprint density at radius 3 is 2.14 bits per heavy atom. The molecule has 0 aliphatic carbocycles. The van der Waals surface area contributed by atoms with Gasteiger partial charge < -0.3 is 4.90 Å². The zero-order valence-electron chi connectivity index (χ0n) is 14.0. The second kappa shape index (κ2) is 7.51. The molecule has 0 N–H and O–H groups in total. The lowest BCUT2D eigenvalue weighted by Gasteiger charge is -2.25. The van der Waals surface area contributed by atoms with Gasteiger partial charge in [-0.3, -0.25) is 20.2 Å². The largest absolute Gasteiger partial charge is 0.418 e. The predicted octanol–water partition coefficient (Wildman–Crippen LogP) is 6.15. The quantitative estimate of drug-likeness (QED) is 0.294. The number of non-ortho nitro benzene ring substituents is 1. The van der Waals surface area contributed by atoms with Gasteiger partial charge in [-0.15, -0.1) is 0 Å². The smallest absolute Gasteiger partial charge is 0.335 e. The highest BCUT2D eigenvalue weighted by atomic mass is 79.9. The second-order valence-corrected chi connectivity index (χ2v) is 6.76. The molecular formula is C15H9BrClF4N3O4. The van der Waals surface area contributed by atoms with Gasteiger partial charge in [0.2, 0.25) is 0 Å². The number of alkyl halides is 3. The maximum absolute atomic E-state index is 14.5. The number of halogens is 6. The molecule has 0 heterocycles. The van der Waals surface area contributed by atoms with E-state index in [-0.39, 0.29) is 21.1 Å². The van der Waals surface area contributed by atoms with Crippen molar-refractivity contribution in [2.45, 2.75) is 13.1 Å². The first-order valence-corrected chi connectivity index (χ1v) is 8.36. The highest BCUT2D eigenvalue weighted by molar-refractivity contribution is 9.10. The normalized spacial score (nSPS) is 11.4. The Morgan fingerprint density at radius 2 is 1.68 bits per heavy atom. The summed E-state index contributed by atoms with van der Waals surface area (Å²) in [6.07, 6.45) is -5.19. The van der Waals surface area contributed by atoms with Gasteiger partial charge in [0.1, 0.15) is 11.5 Å². The number of hydrogen-bond donors (Lipinski definition) is 0. The molecule has 0 saturated carbocycles. The molecule has 0 bridgehead atoms. The summed E-state index contributed by atoms with van der Waals surface area (Å²) in [5, 5.41) is 22.3. The van der Waals surface area contributed by atoms with Gasteiger partial charge in [-0.05, 0) is 34.5 Å². The summed E-state index contributed by atoms with van der Waals surface area (Å²) in [6.45, 7) is 1.46. The van der Waals surface area contributed by atoms with E-state index < -0.39 is 50.2 Å². The van der Waals surface area contributed by atoms with Crippen LogP contribution in [0, 0.1) is 33.0 Å². The monoisotopic (exact) mass is 485 g/mol. The van der Waals surface area contributed by atoms with Crippen LogP contribution < -0.4 is 4.90 Å². The Hall–Kier alpha value is -2.47. The van der Waals surface area contributed by atoms with Gasteiger partial charge in [0.15, 0.2) is 0 Å². The van der Waals surface area contributed by atoms with Gasteiger partial charge in [0, 0.05) is 22.6 Å². The van der Waals surface area contributed by atoms with Gasteiger partial charge in [0.05, 0.1) is 27.2 Å². The third-order valence-electron chi connectivity index (χ3n) is 3.83. The number of nitrogens with zero attached hydrogens (tertiary/aromatic N) is 3. The van der Waals surface area contributed by atoms with Gasteiger partial charge in [-0.25, -0.2) is 4.39 Å². The molecule has 150 valence electrons. The molecular weight excluding hydrogens is 478 g/mol. The molecule has 0 radical (unpaired) electrons. The lowest BCUT2D eigenvalue weighted by atomic mass is 10.1. The van der Waals surface area contributed by atoms with Crippen molar-refractivity contribution in [2.24, 2.45) is 0 Å². The van der Waals surface area contributed by atoms with Gasteiger partial charge in [-0.2, -0.15) is 13.2 Å². The number of hydrogen-bond acceptors (Lipinski definition) is 5. The average molecular weight is 487 g/mol. The average Bonchev–Trinajstić information content (AvgIpc) is 2.57. The van der Waals surface area contributed by atoms with Crippen molar-refractivity contribution in [2.75, 3.05) is 11.9 Å². The van der Waals surface area contributed by atoms with E-state index in [9.17, 15) is 37.8 Å². The standard InChI is InChI=1S/C15H9BrClF4N3O4/c1-6-9(17)5-10(18)14(12(6)16)22(2)13-8(15(19,20)21)3-7(23(25)26)4-11(13)24(27)28/h3-5H,1-2H3. The van der Waals surface area contributed by atoms with Crippen LogP contribution in [0.5, 0.6) is 0 Å². The van der Waals surface area contributed by atoms with Crippen molar-refractivity contribution in [1.29, 1.82) is 0 Å². The van der Waals surface area contributed by atoms with E-state index in [4.69, 9.17) is 11.6 Å². The van der Waals surface area contributed by atoms with Gasteiger partial charge >= 0.3 is 6.18 Å². The number of nitro groups is 2. The molecule has 0 spiro atoms. The van der Waals surface area contributed by atoms with Crippen LogP contribution in [-0.4, -0.2) is 16.9 Å².